The van der Waals surface area contributed by atoms with Crippen molar-refractivity contribution in [3.8, 4) is 11.8 Å². The number of nitriles is 1. The molecule has 0 saturated heterocycles. The highest BCUT2D eigenvalue weighted by Gasteiger charge is 2.16. The van der Waals surface area contributed by atoms with Gasteiger partial charge >= 0.3 is 0 Å². The molecule has 0 aliphatic rings. The number of rotatable bonds is 2. The minimum absolute atomic E-state index is 0.00810. The van der Waals surface area contributed by atoms with Gasteiger partial charge in [-0.15, -0.1) is 0 Å². The van der Waals surface area contributed by atoms with Crippen LogP contribution in [0.4, 0.5) is 8.78 Å². The van der Waals surface area contributed by atoms with E-state index in [1.807, 2.05) is 0 Å². The second-order valence-corrected chi connectivity index (χ2v) is 3.02. The lowest BCUT2D eigenvalue weighted by Gasteiger charge is -2.06. The van der Waals surface area contributed by atoms with E-state index in [9.17, 15) is 13.9 Å². The summed E-state index contributed by atoms with van der Waals surface area (Å²) in [5, 5.41) is 16.8. The molecule has 2 nitrogen and oxygen atoms in total. The number of benzene rings is 1. The van der Waals surface area contributed by atoms with Gasteiger partial charge in [-0.05, 0) is 6.42 Å². The normalized spacial score (nSPS) is 9.86. The molecule has 0 amide bonds. The topological polar surface area (TPSA) is 44.0 Å². The largest absolute Gasteiger partial charge is 0.507 e. The second kappa shape index (κ2) is 4.25. The van der Waals surface area contributed by atoms with E-state index in [-0.39, 0.29) is 18.4 Å². The van der Waals surface area contributed by atoms with Crippen molar-refractivity contribution >= 4 is 11.6 Å². The van der Waals surface area contributed by atoms with Gasteiger partial charge in [0.1, 0.15) is 16.6 Å². The van der Waals surface area contributed by atoms with Gasteiger partial charge in [-0.25, -0.2) is 8.78 Å². The Morgan fingerprint density at radius 1 is 1.50 bits per heavy atom. The van der Waals surface area contributed by atoms with Crippen LogP contribution in [-0.4, -0.2) is 5.11 Å². The van der Waals surface area contributed by atoms with Crippen molar-refractivity contribution < 1.29 is 13.9 Å². The monoisotopic (exact) mass is 217 g/mol. The average molecular weight is 218 g/mol. The van der Waals surface area contributed by atoms with Crippen LogP contribution in [0.2, 0.25) is 5.02 Å². The molecule has 0 heterocycles. The first-order valence-corrected chi connectivity index (χ1v) is 4.18. The molecular formula is C9H6ClF2NO. The van der Waals surface area contributed by atoms with E-state index in [2.05, 4.69) is 0 Å². The van der Waals surface area contributed by atoms with E-state index < -0.39 is 22.4 Å². The lowest BCUT2D eigenvalue weighted by Crippen LogP contribution is -1.94. The zero-order chi connectivity index (χ0) is 10.7. The van der Waals surface area contributed by atoms with Gasteiger partial charge < -0.3 is 5.11 Å². The Labute approximate surface area is 84.3 Å². The number of halogens is 3. The first-order valence-electron chi connectivity index (χ1n) is 3.80. The maximum absolute atomic E-state index is 13.2. The highest BCUT2D eigenvalue weighted by atomic mass is 35.5. The van der Waals surface area contributed by atoms with E-state index in [1.54, 1.807) is 6.07 Å². The Hall–Kier alpha value is -1.34. The maximum atomic E-state index is 13.2. The molecule has 1 N–H and O–H groups in total. The summed E-state index contributed by atoms with van der Waals surface area (Å²) < 4.78 is 26.0. The van der Waals surface area contributed by atoms with Crippen molar-refractivity contribution in [1.82, 2.24) is 0 Å². The van der Waals surface area contributed by atoms with Gasteiger partial charge in [-0.1, -0.05) is 11.6 Å². The van der Waals surface area contributed by atoms with Crippen LogP contribution in [0.15, 0.2) is 6.07 Å². The molecule has 5 heteroatoms. The molecule has 0 spiro atoms. The summed E-state index contributed by atoms with van der Waals surface area (Å²) in [6.07, 6.45) is 0.0423. The highest BCUT2D eigenvalue weighted by Crippen LogP contribution is 2.30. The van der Waals surface area contributed by atoms with Crippen LogP contribution in [-0.2, 0) is 6.42 Å². The molecular weight excluding hydrogens is 212 g/mol. The van der Waals surface area contributed by atoms with E-state index >= 15 is 0 Å². The standard InChI is InChI=1S/C9H6ClF2NO/c10-8-6(11)4-7(14)5(9(8)12)2-1-3-13/h4,14H,1-2H2. The van der Waals surface area contributed by atoms with Crippen molar-refractivity contribution in [3.63, 3.8) is 0 Å². The maximum Gasteiger partial charge on any atom is 0.151 e. The fourth-order valence-corrected chi connectivity index (χ4v) is 1.21. The molecule has 1 aromatic carbocycles. The van der Waals surface area contributed by atoms with Crippen molar-refractivity contribution in [2.45, 2.75) is 12.8 Å². The molecule has 74 valence electrons. The van der Waals surface area contributed by atoms with Crippen LogP contribution in [0.3, 0.4) is 0 Å². The first kappa shape index (κ1) is 10.7. The smallest absolute Gasteiger partial charge is 0.151 e. The predicted octanol–water partition coefficient (Wildman–Crippen LogP) is 2.78. The zero-order valence-corrected chi connectivity index (χ0v) is 7.78. The highest BCUT2D eigenvalue weighted by molar-refractivity contribution is 6.31. The van der Waals surface area contributed by atoms with Crippen molar-refractivity contribution in [2.24, 2.45) is 0 Å². The van der Waals surface area contributed by atoms with Crippen LogP contribution < -0.4 is 0 Å². The molecule has 0 radical (unpaired) electrons. The van der Waals surface area contributed by atoms with Crippen LogP contribution in [0, 0.1) is 23.0 Å². The number of hydrogen-bond donors (Lipinski definition) is 1. The quantitative estimate of drug-likeness (QED) is 0.775. The summed E-state index contributed by atoms with van der Waals surface area (Å²) in [6, 6.07) is 2.52. The van der Waals surface area contributed by atoms with Gasteiger partial charge in [-0.2, -0.15) is 5.26 Å². The Bertz CT molecular complexity index is 401. The fourth-order valence-electron chi connectivity index (χ4n) is 1.04. The number of aromatic hydroxyl groups is 1. The summed E-state index contributed by atoms with van der Waals surface area (Å²) in [7, 11) is 0. The van der Waals surface area contributed by atoms with Crippen molar-refractivity contribution in [3.05, 3.63) is 28.3 Å². The molecule has 0 aliphatic carbocycles. The summed E-state index contributed by atoms with van der Waals surface area (Å²) >= 11 is 5.29. The van der Waals surface area contributed by atoms with E-state index in [0.29, 0.717) is 0 Å². The Morgan fingerprint density at radius 2 is 2.14 bits per heavy atom. The molecule has 0 fully saturated rings. The van der Waals surface area contributed by atoms with E-state index in [0.717, 1.165) is 6.07 Å². The van der Waals surface area contributed by atoms with Gasteiger partial charge in [0, 0.05) is 18.1 Å². The van der Waals surface area contributed by atoms with Crippen LogP contribution >= 0.6 is 11.6 Å². The minimum atomic E-state index is -1.01. The Kier molecular flexibility index (Phi) is 3.26. The average Bonchev–Trinajstić information content (AvgIpc) is 2.14. The summed E-state index contributed by atoms with van der Waals surface area (Å²) in [4.78, 5) is 0. The third-order valence-electron chi connectivity index (χ3n) is 1.73. The lowest BCUT2D eigenvalue weighted by molar-refractivity contribution is 0.450. The molecule has 0 saturated carbocycles. The van der Waals surface area contributed by atoms with Crippen molar-refractivity contribution in [1.29, 1.82) is 5.26 Å². The number of nitrogens with zero attached hydrogens (tertiary/aromatic N) is 1. The van der Waals surface area contributed by atoms with Crippen LogP contribution in [0.25, 0.3) is 0 Å². The van der Waals surface area contributed by atoms with E-state index in [1.165, 1.54) is 0 Å². The third kappa shape index (κ3) is 1.94. The Morgan fingerprint density at radius 3 is 2.71 bits per heavy atom. The fraction of sp³-hybridized carbons (Fsp3) is 0.222. The predicted molar refractivity (Wildman–Crippen MR) is 47.0 cm³/mol. The molecule has 1 rings (SSSR count). The third-order valence-corrected chi connectivity index (χ3v) is 2.07. The molecule has 14 heavy (non-hydrogen) atoms. The van der Waals surface area contributed by atoms with Gasteiger partial charge in [-0.3, -0.25) is 0 Å². The minimum Gasteiger partial charge on any atom is -0.507 e. The molecule has 0 unspecified atom stereocenters. The van der Waals surface area contributed by atoms with Gasteiger partial charge in [0.25, 0.3) is 0 Å². The lowest BCUT2D eigenvalue weighted by atomic mass is 10.1. The number of phenols is 1. The SMILES string of the molecule is N#CCCc1c(O)cc(F)c(Cl)c1F. The number of phenolic OH excluding ortho intramolecular Hbond substituents is 1. The summed E-state index contributed by atoms with van der Waals surface area (Å²) in [6.45, 7) is 0. The van der Waals surface area contributed by atoms with E-state index in [4.69, 9.17) is 16.9 Å². The molecule has 0 aliphatic heterocycles. The molecule has 0 atom stereocenters. The zero-order valence-electron chi connectivity index (χ0n) is 7.02. The first-order chi connectivity index (χ1) is 6.57. The van der Waals surface area contributed by atoms with Crippen LogP contribution in [0.1, 0.15) is 12.0 Å². The van der Waals surface area contributed by atoms with Crippen molar-refractivity contribution in [2.75, 3.05) is 0 Å². The summed E-state index contributed by atoms with van der Waals surface area (Å²) in [5.74, 6) is -2.53. The van der Waals surface area contributed by atoms with Gasteiger partial charge in [0.05, 0.1) is 6.07 Å². The molecule has 1 aromatic rings. The number of hydrogen-bond acceptors (Lipinski definition) is 2. The van der Waals surface area contributed by atoms with Crippen LogP contribution in [0.5, 0.6) is 5.75 Å². The van der Waals surface area contributed by atoms with Gasteiger partial charge in [0.15, 0.2) is 5.82 Å². The second-order valence-electron chi connectivity index (χ2n) is 2.64. The van der Waals surface area contributed by atoms with Gasteiger partial charge in [0.2, 0.25) is 0 Å². The summed E-state index contributed by atoms with van der Waals surface area (Å²) in [5.41, 5.74) is -0.127. The Balaban J connectivity index is 3.17. The molecule has 0 bridgehead atoms. The molecule has 0 aromatic heterocycles.